The Kier molecular flexibility index (Phi) is 6.25. The van der Waals surface area contributed by atoms with E-state index in [9.17, 15) is 9.59 Å². The molecule has 4 rings (SSSR count). The molecule has 1 saturated heterocycles. The number of anilines is 1. The molecule has 0 bridgehead atoms. The minimum atomic E-state index is 0.00327. The summed E-state index contributed by atoms with van der Waals surface area (Å²) >= 11 is 1.69. The van der Waals surface area contributed by atoms with Crippen molar-refractivity contribution in [2.24, 2.45) is 5.92 Å². The van der Waals surface area contributed by atoms with Crippen LogP contribution in [0.3, 0.4) is 0 Å². The van der Waals surface area contributed by atoms with E-state index in [4.69, 9.17) is 0 Å². The molecule has 2 heterocycles. The summed E-state index contributed by atoms with van der Waals surface area (Å²) < 4.78 is 0. The Hall–Kier alpha value is -2.18. The Morgan fingerprint density at radius 3 is 2.70 bits per heavy atom. The van der Waals surface area contributed by atoms with Crippen molar-refractivity contribution in [3.05, 3.63) is 50.7 Å². The topological polar surface area (TPSA) is 52.7 Å². The van der Waals surface area contributed by atoms with Gasteiger partial charge in [0.25, 0.3) is 5.91 Å². The Labute approximate surface area is 183 Å². The van der Waals surface area contributed by atoms with Gasteiger partial charge < -0.3 is 10.2 Å². The van der Waals surface area contributed by atoms with E-state index >= 15 is 0 Å². The zero-order chi connectivity index (χ0) is 21.3. The molecular formula is C24H31N3O2S. The number of carbonyl (C=O) groups is 2. The molecular weight excluding hydrogens is 394 g/mol. The predicted molar refractivity (Wildman–Crippen MR) is 122 cm³/mol. The first kappa shape index (κ1) is 21.1. The summed E-state index contributed by atoms with van der Waals surface area (Å²) in [6.07, 6.45) is 3.43. The van der Waals surface area contributed by atoms with Crippen LogP contribution in [-0.4, -0.2) is 54.3 Å². The first-order valence-corrected chi connectivity index (χ1v) is 11.7. The van der Waals surface area contributed by atoms with Gasteiger partial charge in [-0.15, -0.1) is 11.3 Å². The van der Waals surface area contributed by atoms with Gasteiger partial charge in [0, 0.05) is 36.7 Å². The number of nitrogens with one attached hydrogen (secondary N) is 1. The first-order valence-electron chi connectivity index (χ1n) is 10.9. The third-order valence-electron chi connectivity index (χ3n) is 6.45. The highest BCUT2D eigenvalue weighted by atomic mass is 32.1. The quantitative estimate of drug-likeness (QED) is 0.809. The lowest BCUT2D eigenvalue weighted by molar-refractivity contribution is -0.117. The molecule has 0 spiro atoms. The van der Waals surface area contributed by atoms with Gasteiger partial charge in [-0.25, -0.2) is 0 Å². The first-order chi connectivity index (χ1) is 14.4. The number of piperazine rings is 1. The number of amides is 2. The summed E-state index contributed by atoms with van der Waals surface area (Å²) in [5, 5.41) is 3.03. The summed E-state index contributed by atoms with van der Waals surface area (Å²) in [7, 11) is 0. The molecule has 0 radical (unpaired) electrons. The van der Waals surface area contributed by atoms with E-state index in [1.807, 2.05) is 36.9 Å². The Balaban J connectivity index is 1.29. The zero-order valence-corrected chi connectivity index (χ0v) is 19.0. The number of aryl methyl sites for hydroxylation is 2. The smallest absolute Gasteiger partial charge is 0.264 e. The van der Waals surface area contributed by atoms with Crippen LogP contribution in [0.5, 0.6) is 0 Å². The third-order valence-corrected chi connectivity index (χ3v) is 7.67. The van der Waals surface area contributed by atoms with E-state index in [1.54, 1.807) is 11.3 Å². The second-order valence-corrected chi connectivity index (χ2v) is 9.91. The molecule has 2 amide bonds. The average Bonchev–Trinajstić information content (AvgIpc) is 3.14. The number of rotatable bonds is 4. The molecule has 1 atom stereocenters. The Morgan fingerprint density at radius 1 is 1.17 bits per heavy atom. The van der Waals surface area contributed by atoms with E-state index in [0.29, 0.717) is 25.6 Å². The summed E-state index contributed by atoms with van der Waals surface area (Å²) in [6, 6.07) is 8.08. The van der Waals surface area contributed by atoms with E-state index in [2.05, 4.69) is 23.2 Å². The number of nitrogens with zero attached hydrogens (tertiary/aromatic N) is 2. The van der Waals surface area contributed by atoms with Crippen molar-refractivity contribution >= 4 is 28.8 Å². The van der Waals surface area contributed by atoms with Crippen LogP contribution in [0.15, 0.2) is 24.3 Å². The Bertz CT molecular complexity index is 944. The van der Waals surface area contributed by atoms with Gasteiger partial charge in [-0.3, -0.25) is 14.5 Å². The molecule has 6 heteroatoms. The maximum absolute atomic E-state index is 13.0. The SMILES string of the molecule is Cc1cccc(NC(=O)CN2CCN(C(=O)c3cc4c(s3)CCC(C)C4)CC2)c1C. The van der Waals surface area contributed by atoms with Gasteiger partial charge in [-0.05, 0) is 67.9 Å². The van der Waals surface area contributed by atoms with Crippen LogP contribution in [0.25, 0.3) is 0 Å². The monoisotopic (exact) mass is 425 g/mol. The molecule has 1 aliphatic heterocycles. The minimum Gasteiger partial charge on any atom is -0.335 e. The second kappa shape index (κ2) is 8.90. The van der Waals surface area contributed by atoms with Crippen molar-refractivity contribution in [3.63, 3.8) is 0 Å². The van der Waals surface area contributed by atoms with Gasteiger partial charge in [-0.1, -0.05) is 19.1 Å². The standard InChI is InChI=1S/C24H31N3O2S/c1-16-7-8-21-19(13-16)14-22(30-21)24(29)27-11-9-26(10-12-27)15-23(28)25-20-6-4-5-17(2)18(20)3/h4-6,14,16H,7-13,15H2,1-3H3,(H,25,28). The van der Waals surface area contributed by atoms with E-state index in [0.717, 1.165) is 42.1 Å². The lowest BCUT2D eigenvalue weighted by atomic mass is 9.90. The molecule has 30 heavy (non-hydrogen) atoms. The van der Waals surface area contributed by atoms with Gasteiger partial charge in [0.05, 0.1) is 11.4 Å². The maximum Gasteiger partial charge on any atom is 0.264 e. The van der Waals surface area contributed by atoms with Gasteiger partial charge in [0.15, 0.2) is 0 Å². The van der Waals surface area contributed by atoms with Crippen LogP contribution in [0, 0.1) is 19.8 Å². The number of thiophene rings is 1. The zero-order valence-electron chi connectivity index (χ0n) is 18.2. The number of hydrogen-bond acceptors (Lipinski definition) is 4. The summed E-state index contributed by atoms with van der Waals surface area (Å²) in [4.78, 5) is 31.8. The maximum atomic E-state index is 13.0. The fourth-order valence-corrected chi connectivity index (χ4v) is 5.53. The molecule has 1 fully saturated rings. The molecule has 2 aliphatic rings. The summed E-state index contributed by atoms with van der Waals surface area (Å²) in [5.41, 5.74) is 4.53. The van der Waals surface area contributed by atoms with Crippen molar-refractivity contribution in [1.82, 2.24) is 9.80 Å². The molecule has 5 nitrogen and oxygen atoms in total. The third kappa shape index (κ3) is 4.60. The van der Waals surface area contributed by atoms with Crippen LogP contribution in [-0.2, 0) is 17.6 Å². The predicted octanol–water partition coefficient (Wildman–Crippen LogP) is 3.89. The van der Waals surface area contributed by atoms with Crippen LogP contribution in [0.4, 0.5) is 5.69 Å². The fraction of sp³-hybridized carbons (Fsp3) is 0.500. The van der Waals surface area contributed by atoms with Crippen molar-refractivity contribution in [2.45, 2.75) is 40.0 Å². The minimum absolute atomic E-state index is 0.00327. The molecule has 1 aromatic heterocycles. The average molecular weight is 426 g/mol. The largest absolute Gasteiger partial charge is 0.335 e. The summed E-state index contributed by atoms with van der Waals surface area (Å²) in [5.74, 6) is 0.874. The highest BCUT2D eigenvalue weighted by molar-refractivity contribution is 7.14. The van der Waals surface area contributed by atoms with E-state index < -0.39 is 0 Å². The van der Waals surface area contributed by atoms with Gasteiger partial charge in [0.2, 0.25) is 5.91 Å². The second-order valence-electron chi connectivity index (χ2n) is 8.77. The van der Waals surface area contributed by atoms with Crippen molar-refractivity contribution in [2.75, 3.05) is 38.0 Å². The molecule has 1 aromatic carbocycles. The number of hydrogen-bond donors (Lipinski definition) is 1. The van der Waals surface area contributed by atoms with Crippen LogP contribution in [0.1, 0.15) is 44.6 Å². The molecule has 1 N–H and O–H groups in total. The summed E-state index contributed by atoms with van der Waals surface area (Å²) in [6.45, 7) is 9.54. The highest BCUT2D eigenvalue weighted by Crippen LogP contribution is 2.32. The van der Waals surface area contributed by atoms with Crippen LogP contribution >= 0.6 is 11.3 Å². The van der Waals surface area contributed by atoms with Crippen LogP contribution in [0.2, 0.25) is 0 Å². The van der Waals surface area contributed by atoms with E-state index in [-0.39, 0.29) is 11.8 Å². The van der Waals surface area contributed by atoms with Gasteiger partial charge in [-0.2, -0.15) is 0 Å². The van der Waals surface area contributed by atoms with Crippen molar-refractivity contribution in [3.8, 4) is 0 Å². The van der Waals surface area contributed by atoms with Gasteiger partial charge >= 0.3 is 0 Å². The highest BCUT2D eigenvalue weighted by Gasteiger charge is 2.26. The lowest BCUT2D eigenvalue weighted by Gasteiger charge is -2.34. The Morgan fingerprint density at radius 2 is 1.93 bits per heavy atom. The lowest BCUT2D eigenvalue weighted by Crippen LogP contribution is -2.50. The normalized spacial score (nSPS) is 19.4. The van der Waals surface area contributed by atoms with E-state index in [1.165, 1.54) is 22.4 Å². The van der Waals surface area contributed by atoms with Gasteiger partial charge in [0.1, 0.15) is 0 Å². The molecule has 0 saturated carbocycles. The fourth-order valence-electron chi connectivity index (χ4n) is 4.36. The molecule has 160 valence electrons. The number of fused-ring (bicyclic) bond motifs is 1. The number of carbonyl (C=O) groups excluding carboxylic acids is 2. The number of benzene rings is 1. The molecule has 2 aromatic rings. The molecule has 1 unspecified atom stereocenters. The van der Waals surface area contributed by atoms with Crippen LogP contribution < -0.4 is 5.32 Å². The van der Waals surface area contributed by atoms with Crippen molar-refractivity contribution in [1.29, 1.82) is 0 Å². The van der Waals surface area contributed by atoms with Crippen molar-refractivity contribution < 1.29 is 9.59 Å². The molecule has 1 aliphatic carbocycles.